The molecule has 1 rings (SSSR count). The van der Waals surface area contributed by atoms with Gasteiger partial charge in [-0.3, -0.25) is 9.69 Å². The zero-order chi connectivity index (χ0) is 14.6. The van der Waals surface area contributed by atoms with Gasteiger partial charge in [-0.1, -0.05) is 13.8 Å². The van der Waals surface area contributed by atoms with Crippen LogP contribution in [0.2, 0.25) is 0 Å². The summed E-state index contributed by atoms with van der Waals surface area (Å²) in [7, 11) is 1.89. The zero-order valence-corrected chi connectivity index (χ0v) is 11.9. The molecule has 0 radical (unpaired) electrons. The fraction of sp³-hybridized carbons (Fsp3) is 0.500. The van der Waals surface area contributed by atoms with E-state index in [-0.39, 0.29) is 18.5 Å². The Kier molecular flexibility index (Phi) is 5.30. The van der Waals surface area contributed by atoms with Gasteiger partial charge in [0, 0.05) is 6.04 Å². The Morgan fingerprint density at radius 3 is 2.63 bits per heavy atom. The molecule has 106 valence electrons. The number of benzene rings is 1. The van der Waals surface area contributed by atoms with Crippen molar-refractivity contribution in [2.45, 2.75) is 26.8 Å². The molecule has 1 atom stereocenters. The molecule has 1 aromatic carbocycles. The van der Waals surface area contributed by atoms with E-state index >= 15 is 0 Å². The van der Waals surface area contributed by atoms with Gasteiger partial charge < -0.3 is 11.1 Å². The molecule has 0 heterocycles. The number of likely N-dealkylation sites (N-methyl/N-ethyl adjacent to an activating group) is 1. The Bertz CT molecular complexity index is 448. The molecule has 0 saturated carbocycles. The lowest BCUT2D eigenvalue weighted by Crippen LogP contribution is -2.39. The summed E-state index contributed by atoms with van der Waals surface area (Å²) in [5.74, 6) is -0.169. The lowest BCUT2D eigenvalue weighted by molar-refractivity contribution is -0.117. The molecule has 5 heteroatoms. The Morgan fingerprint density at radius 1 is 1.42 bits per heavy atom. The molecule has 0 aliphatic rings. The maximum Gasteiger partial charge on any atom is 0.238 e. The van der Waals surface area contributed by atoms with Crippen molar-refractivity contribution in [3.63, 3.8) is 0 Å². The maximum absolute atomic E-state index is 13.1. The van der Waals surface area contributed by atoms with Crippen molar-refractivity contribution in [1.82, 2.24) is 4.90 Å². The van der Waals surface area contributed by atoms with E-state index < -0.39 is 5.82 Å². The minimum absolute atomic E-state index is 0.202. The first kappa shape index (κ1) is 15.4. The van der Waals surface area contributed by atoms with Crippen LogP contribution < -0.4 is 11.1 Å². The molecule has 0 aliphatic carbocycles. The molecule has 3 N–H and O–H groups in total. The van der Waals surface area contributed by atoms with E-state index in [0.717, 1.165) is 0 Å². The number of rotatable bonds is 5. The van der Waals surface area contributed by atoms with Crippen molar-refractivity contribution in [1.29, 1.82) is 0 Å². The minimum Gasteiger partial charge on any atom is -0.397 e. The van der Waals surface area contributed by atoms with Gasteiger partial charge in [-0.25, -0.2) is 4.39 Å². The third kappa shape index (κ3) is 4.52. The number of nitrogens with one attached hydrogen (secondary N) is 1. The summed E-state index contributed by atoms with van der Waals surface area (Å²) in [6.45, 7) is 6.51. The smallest absolute Gasteiger partial charge is 0.238 e. The highest BCUT2D eigenvalue weighted by atomic mass is 19.1. The van der Waals surface area contributed by atoms with Crippen LogP contribution in [0, 0.1) is 11.7 Å². The number of anilines is 2. The van der Waals surface area contributed by atoms with Crippen LogP contribution in [0.15, 0.2) is 18.2 Å². The van der Waals surface area contributed by atoms with Crippen LogP contribution in [0.3, 0.4) is 0 Å². The van der Waals surface area contributed by atoms with E-state index in [2.05, 4.69) is 26.1 Å². The van der Waals surface area contributed by atoms with Crippen LogP contribution in [0.1, 0.15) is 20.8 Å². The van der Waals surface area contributed by atoms with Crippen molar-refractivity contribution in [3.8, 4) is 0 Å². The lowest BCUT2D eigenvalue weighted by atomic mass is 10.1. The molecule has 1 unspecified atom stereocenters. The van der Waals surface area contributed by atoms with E-state index in [0.29, 0.717) is 17.3 Å². The van der Waals surface area contributed by atoms with Gasteiger partial charge in [0.1, 0.15) is 5.82 Å². The number of carbonyl (C=O) groups is 1. The van der Waals surface area contributed by atoms with Crippen molar-refractivity contribution >= 4 is 17.3 Å². The van der Waals surface area contributed by atoms with E-state index in [4.69, 9.17) is 5.73 Å². The summed E-state index contributed by atoms with van der Waals surface area (Å²) in [6.07, 6.45) is 0. The first-order valence-corrected chi connectivity index (χ1v) is 6.36. The number of amides is 1. The number of carbonyl (C=O) groups excluding carboxylic acids is 1. The Morgan fingerprint density at radius 2 is 2.05 bits per heavy atom. The molecule has 0 aromatic heterocycles. The van der Waals surface area contributed by atoms with Crippen molar-refractivity contribution in [3.05, 3.63) is 24.0 Å². The maximum atomic E-state index is 13.1. The number of hydrogen-bond acceptors (Lipinski definition) is 3. The second-order valence-electron chi connectivity index (χ2n) is 5.18. The lowest BCUT2D eigenvalue weighted by Gasteiger charge is -2.27. The predicted octanol–water partition coefficient (Wildman–Crippen LogP) is 2.32. The van der Waals surface area contributed by atoms with Crippen LogP contribution in [0.25, 0.3) is 0 Å². The zero-order valence-electron chi connectivity index (χ0n) is 11.9. The summed E-state index contributed by atoms with van der Waals surface area (Å²) < 4.78 is 13.1. The Balaban J connectivity index is 2.63. The molecule has 1 aromatic rings. The first-order valence-electron chi connectivity index (χ1n) is 6.36. The average molecular weight is 267 g/mol. The molecular formula is C14H22FN3O. The third-order valence-corrected chi connectivity index (χ3v) is 3.34. The largest absolute Gasteiger partial charge is 0.397 e. The monoisotopic (exact) mass is 267 g/mol. The highest BCUT2D eigenvalue weighted by Crippen LogP contribution is 2.19. The van der Waals surface area contributed by atoms with Crippen molar-refractivity contribution < 1.29 is 9.18 Å². The van der Waals surface area contributed by atoms with Gasteiger partial charge in [-0.05, 0) is 38.1 Å². The molecule has 0 fully saturated rings. The van der Waals surface area contributed by atoms with Gasteiger partial charge in [0.2, 0.25) is 5.91 Å². The van der Waals surface area contributed by atoms with Crippen LogP contribution in [-0.2, 0) is 4.79 Å². The normalized spacial score (nSPS) is 12.8. The van der Waals surface area contributed by atoms with Gasteiger partial charge in [-0.15, -0.1) is 0 Å². The average Bonchev–Trinajstić information content (AvgIpc) is 2.32. The van der Waals surface area contributed by atoms with Crippen LogP contribution in [0.4, 0.5) is 15.8 Å². The van der Waals surface area contributed by atoms with Gasteiger partial charge in [0.15, 0.2) is 0 Å². The van der Waals surface area contributed by atoms with Crippen LogP contribution >= 0.6 is 0 Å². The third-order valence-electron chi connectivity index (χ3n) is 3.34. The fourth-order valence-electron chi connectivity index (χ4n) is 1.71. The van der Waals surface area contributed by atoms with Gasteiger partial charge in [0.05, 0.1) is 17.9 Å². The molecule has 0 spiro atoms. The molecule has 1 amide bonds. The molecule has 0 bridgehead atoms. The molecule has 19 heavy (non-hydrogen) atoms. The topological polar surface area (TPSA) is 58.4 Å². The van der Waals surface area contributed by atoms with Gasteiger partial charge >= 0.3 is 0 Å². The van der Waals surface area contributed by atoms with E-state index in [1.54, 1.807) is 0 Å². The predicted molar refractivity (Wildman–Crippen MR) is 76.4 cm³/mol. The fourth-order valence-corrected chi connectivity index (χ4v) is 1.71. The number of nitrogens with two attached hydrogens (primary N) is 1. The second-order valence-corrected chi connectivity index (χ2v) is 5.18. The summed E-state index contributed by atoms with van der Waals surface area (Å²) in [6, 6.07) is 4.21. The Labute approximate surface area is 113 Å². The van der Waals surface area contributed by atoms with Crippen molar-refractivity contribution in [2.24, 2.45) is 5.92 Å². The highest BCUT2D eigenvalue weighted by molar-refractivity contribution is 5.95. The van der Waals surface area contributed by atoms with E-state index in [1.165, 1.54) is 18.2 Å². The summed E-state index contributed by atoms with van der Waals surface area (Å²) in [5.41, 5.74) is 6.35. The van der Waals surface area contributed by atoms with Gasteiger partial charge in [0.25, 0.3) is 0 Å². The van der Waals surface area contributed by atoms with Crippen LogP contribution in [0.5, 0.6) is 0 Å². The standard InChI is InChI=1S/C14H22FN3O/c1-9(2)10(3)18(4)8-14(19)17-13-7-11(15)5-6-12(13)16/h5-7,9-10H,8,16H2,1-4H3,(H,17,19). The summed E-state index contributed by atoms with van der Waals surface area (Å²) >= 11 is 0. The van der Waals surface area contributed by atoms with Crippen LogP contribution in [-0.4, -0.2) is 30.4 Å². The Hall–Kier alpha value is -1.62. The molecule has 0 saturated heterocycles. The van der Waals surface area contributed by atoms with E-state index in [9.17, 15) is 9.18 Å². The number of nitrogen functional groups attached to an aromatic ring is 1. The summed E-state index contributed by atoms with van der Waals surface area (Å²) in [4.78, 5) is 13.8. The minimum atomic E-state index is -0.423. The number of nitrogens with zero attached hydrogens (tertiary/aromatic N) is 1. The number of hydrogen-bond donors (Lipinski definition) is 2. The highest BCUT2D eigenvalue weighted by Gasteiger charge is 2.16. The first-order chi connectivity index (χ1) is 8.81. The van der Waals surface area contributed by atoms with E-state index in [1.807, 2.05) is 11.9 Å². The second kappa shape index (κ2) is 6.52. The number of halogens is 1. The molecular weight excluding hydrogens is 245 g/mol. The molecule has 0 aliphatic heterocycles. The summed E-state index contributed by atoms with van der Waals surface area (Å²) in [5, 5.41) is 2.63. The molecule has 4 nitrogen and oxygen atoms in total. The van der Waals surface area contributed by atoms with Gasteiger partial charge in [-0.2, -0.15) is 0 Å². The SMILES string of the molecule is CC(C)C(C)N(C)CC(=O)Nc1cc(F)ccc1N. The quantitative estimate of drug-likeness (QED) is 0.805. The van der Waals surface area contributed by atoms with Crippen molar-refractivity contribution in [2.75, 3.05) is 24.6 Å².